The van der Waals surface area contributed by atoms with Gasteiger partial charge in [-0.15, -0.1) is 0 Å². The van der Waals surface area contributed by atoms with Crippen molar-refractivity contribution < 1.29 is 4.74 Å². The minimum atomic E-state index is 0.573. The van der Waals surface area contributed by atoms with Crippen molar-refractivity contribution in [2.24, 2.45) is 0 Å². The Morgan fingerprint density at radius 1 is 1.20 bits per heavy atom. The van der Waals surface area contributed by atoms with E-state index >= 15 is 0 Å². The van der Waals surface area contributed by atoms with Gasteiger partial charge < -0.3 is 10.1 Å². The molecule has 3 rings (SSSR count). The van der Waals surface area contributed by atoms with Crippen LogP contribution >= 0.6 is 0 Å². The number of nitrogens with one attached hydrogen (secondary N) is 1. The Kier molecular flexibility index (Phi) is 3.64. The van der Waals surface area contributed by atoms with Gasteiger partial charge in [-0.05, 0) is 56.0 Å². The van der Waals surface area contributed by atoms with Crippen molar-refractivity contribution in [2.75, 3.05) is 11.9 Å². The van der Waals surface area contributed by atoms with Gasteiger partial charge in [0.25, 0.3) is 0 Å². The highest BCUT2D eigenvalue weighted by atomic mass is 16.5. The van der Waals surface area contributed by atoms with Gasteiger partial charge in [0.15, 0.2) is 0 Å². The van der Waals surface area contributed by atoms with E-state index in [0.717, 1.165) is 12.2 Å². The fraction of sp³-hybridized carbons (Fsp3) is 0.333. The lowest BCUT2D eigenvalue weighted by atomic mass is 9.94. The lowest BCUT2D eigenvalue weighted by Gasteiger charge is -2.24. The summed E-state index contributed by atoms with van der Waals surface area (Å²) >= 11 is 0. The summed E-state index contributed by atoms with van der Waals surface area (Å²) in [6, 6.07) is 15.5. The standard InChI is InChI=1S/C18H21NO/c1-3-20-18-7-5-4-6-16(18)14-10-11-17-15(12-14)9-8-13(2)19-17/h4-7,10-13,19H,3,8-9H2,1-2H3. The first-order valence-electron chi connectivity index (χ1n) is 7.39. The molecule has 0 bridgehead atoms. The Morgan fingerprint density at radius 2 is 2.05 bits per heavy atom. The third-order valence-electron chi connectivity index (χ3n) is 3.85. The van der Waals surface area contributed by atoms with Gasteiger partial charge in [0.1, 0.15) is 5.75 Å². The van der Waals surface area contributed by atoms with Crippen LogP contribution in [0.3, 0.4) is 0 Å². The Labute approximate surface area is 120 Å². The number of para-hydroxylation sites is 1. The van der Waals surface area contributed by atoms with Crippen LogP contribution in [-0.4, -0.2) is 12.6 Å². The molecular formula is C18H21NO. The highest BCUT2D eigenvalue weighted by molar-refractivity contribution is 5.74. The quantitative estimate of drug-likeness (QED) is 0.884. The highest BCUT2D eigenvalue weighted by Crippen LogP contribution is 2.34. The molecule has 0 aliphatic carbocycles. The van der Waals surface area contributed by atoms with Gasteiger partial charge in [0.05, 0.1) is 6.61 Å². The molecule has 1 aliphatic heterocycles. The summed E-state index contributed by atoms with van der Waals surface area (Å²) in [5, 5.41) is 3.55. The maximum Gasteiger partial charge on any atom is 0.127 e. The molecule has 1 atom stereocenters. The van der Waals surface area contributed by atoms with Gasteiger partial charge in [-0.1, -0.05) is 24.3 Å². The maximum absolute atomic E-state index is 5.74. The average Bonchev–Trinajstić information content (AvgIpc) is 2.48. The molecule has 104 valence electrons. The summed E-state index contributed by atoms with van der Waals surface area (Å²) in [5.74, 6) is 0.965. The SMILES string of the molecule is CCOc1ccccc1-c1ccc2c(c1)CCC(C)N2. The van der Waals surface area contributed by atoms with Crippen molar-refractivity contribution >= 4 is 5.69 Å². The monoisotopic (exact) mass is 267 g/mol. The van der Waals surface area contributed by atoms with Crippen molar-refractivity contribution in [3.8, 4) is 16.9 Å². The largest absolute Gasteiger partial charge is 0.493 e. The van der Waals surface area contributed by atoms with E-state index in [2.05, 4.69) is 42.6 Å². The van der Waals surface area contributed by atoms with Crippen LogP contribution in [0.25, 0.3) is 11.1 Å². The molecule has 0 saturated carbocycles. The molecule has 1 N–H and O–H groups in total. The third-order valence-corrected chi connectivity index (χ3v) is 3.85. The number of benzene rings is 2. The first-order chi connectivity index (χ1) is 9.78. The molecule has 20 heavy (non-hydrogen) atoms. The first kappa shape index (κ1) is 13.0. The van der Waals surface area contributed by atoms with Crippen LogP contribution in [0.5, 0.6) is 5.75 Å². The number of ether oxygens (including phenoxy) is 1. The van der Waals surface area contributed by atoms with Crippen LogP contribution < -0.4 is 10.1 Å². The van der Waals surface area contributed by atoms with Gasteiger partial charge in [-0.3, -0.25) is 0 Å². The lowest BCUT2D eigenvalue weighted by molar-refractivity contribution is 0.341. The van der Waals surface area contributed by atoms with Crippen LogP contribution in [0, 0.1) is 0 Å². The zero-order valence-corrected chi connectivity index (χ0v) is 12.1. The minimum absolute atomic E-state index is 0.573. The fourth-order valence-corrected chi connectivity index (χ4v) is 2.81. The predicted octanol–water partition coefficient (Wildman–Crippen LogP) is 4.50. The van der Waals surface area contributed by atoms with Gasteiger partial charge in [-0.2, -0.15) is 0 Å². The third kappa shape index (κ3) is 2.51. The number of aryl methyl sites for hydroxylation is 1. The second kappa shape index (κ2) is 5.58. The topological polar surface area (TPSA) is 21.3 Å². The van der Waals surface area contributed by atoms with Crippen LogP contribution in [0.2, 0.25) is 0 Å². The van der Waals surface area contributed by atoms with Gasteiger partial charge in [0.2, 0.25) is 0 Å². The molecule has 2 nitrogen and oxygen atoms in total. The summed E-state index contributed by atoms with van der Waals surface area (Å²) in [6.07, 6.45) is 2.34. The number of hydrogen-bond donors (Lipinski definition) is 1. The number of anilines is 1. The molecule has 2 aromatic rings. The summed E-state index contributed by atoms with van der Waals surface area (Å²) in [7, 11) is 0. The number of rotatable bonds is 3. The zero-order valence-electron chi connectivity index (χ0n) is 12.1. The van der Waals surface area contributed by atoms with E-state index in [1.54, 1.807) is 0 Å². The second-order valence-electron chi connectivity index (χ2n) is 5.39. The second-order valence-corrected chi connectivity index (χ2v) is 5.39. The predicted molar refractivity (Wildman–Crippen MR) is 84.5 cm³/mol. The fourth-order valence-electron chi connectivity index (χ4n) is 2.81. The molecule has 0 amide bonds. The molecule has 0 saturated heterocycles. The summed E-state index contributed by atoms with van der Waals surface area (Å²) < 4.78 is 5.74. The van der Waals surface area contributed by atoms with Crippen molar-refractivity contribution in [1.82, 2.24) is 0 Å². The van der Waals surface area contributed by atoms with Gasteiger partial charge >= 0.3 is 0 Å². The molecule has 1 aliphatic rings. The van der Waals surface area contributed by atoms with Crippen LogP contribution in [-0.2, 0) is 6.42 Å². The van der Waals surface area contributed by atoms with Gasteiger partial charge in [-0.25, -0.2) is 0 Å². The van der Waals surface area contributed by atoms with Crippen molar-refractivity contribution in [1.29, 1.82) is 0 Å². The van der Waals surface area contributed by atoms with Crippen molar-refractivity contribution in [3.63, 3.8) is 0 Å². The molecule has 0 aromatic heterocycles. The zero-order chi connectivity index (χ0) is 13.9. The van der Waals surface area contributed by atoms with E-state index in [0.29, 0.717) is 12.6 Å². The molecule has 2 heteroatoms. The average molecular weight is 267 g/mol. The van der Waals surface area contributed by atoms with E-state index in [1.165, 1.54) is 28.8 Å². The van der Waals surface area contributed by atoms with Crippen molar-refractivity contribution in [2.45, 2.75) is 32.7 Å². The highest BCUT2D eigenvalue weighted by Gasteiger charge is 2.15. The van der Waals surface area contributed by atoms with Crippen molar-refractivity contribution in [3.05, 3.63) is 48.0 Å². The van der Waals surface area contributed by atoms with E-state index in [1.807, 2.05) is 19.1 Å². The molecule has 1 unspecified atom stereocenters. The molecule has 2 aromatic carbocycles. The normalized spacial score (nSPS) is 17.2. The molecular weight excluding hydrogens is 246 g/mol. The van der Waals surface area contributed by atoms with E-state index < -0.39 is 0 Å². The number of fused-ring (bicyclic) bond motifs is 1. The molecule has 0 spiro atoms. The van der Waals surface area contributed by atoms with E-state index in [-0.39, 0.29) is 0 Å². The summed E-state index contributed by atoms with van der Waals surface area (Å²) in [6.45, 7) is 4.96. The first-order valence-corrected chi connectivity index (χ1v) is 7.39. The Bertz CT molecular complexity index is 606. The Balaban J connectivity index is 1.99. The minimum Gasteiger partial charge on any atom is -0.493 e. The summed E-state index contributed by atoms with van der Waals surface area (Å²) in [5.41, 5.74) is 5.10. The van der Waals surface area contributed by atoms with Crippen LogP contribution in [0.4, 0.5) is 5.69 Å². The Hall–Kier alpha value is -1.96. The van der Waals surface area contributed by atoms with Crippen LogP contribution in [0.15, 0.2) is 42.5 Å². The van der Waals surface area contributed by atoms with E-state index in [4.69, 9.17) is 4.74 Å². The molecule has 0 radical (unpaired) electrons. The molecule has 1 heterocycles. The van der Waals surface area contributed by atoms with E-state index in [9.17, 15) is 0 Å². The number of hydrogen-bond acceptors (Lipinski definition) is 2. The Morgan fingerprint density at radius 3 is 2.90 bits per heavy atom. The lowest BCUT2D eigenvalue weighted by Crippen LogP contribution is -2.21. The van der Waals surface area contributed by atoms with Crippen LogP contribution in [0.1, 0.15) is 25.8 Å². The maximum atomic E-state index is 5.74. The summed E-state index contributed by atoms with van der Waals surface area (Å²) in [4.78, 5) is 0. The molecule has 0 fully saturated rings. The smallest absolute Gasteiger partial charge is 0.127 e. The van der Waals surface area contributed by atoms with Gasteiger partial charge in [0, 0.05) is 17.3 Å².